The molecule has 8 nitrogen and oxygen atoms in total. The number of nitrogens with zero attached hydrogens (tertiary/aromatic N) is 3. The van der Waals surface area contributed by atoms with Crippen LogP contribution in [-0.2, 0) is 14.6 Å². The number of aromatic nitrogens is 3. The molecular formula is C17H17N3O5S. The smallest absolute Gasteiger partial charge is 0.341 e. The largest absolute Gasteiger partial charge is 0.462 e. The molecule has 0 fully saturated rings. The molecule has 0 spiro atoms. The Kier molecular flexibility index (Phi) is 4.64. The second-order valence-corrected chi connectivity index (χ2v) is 7.39. The molecule has 2 heterocycles. The molecule has 0 atom stereocenters. The molecule has 0 saturated carbocycles. The predicted molar refractivity (Wildman–Crippen MR) is 94.5 cm³/mol. The van der Waals surface area contributed by atoms with Gasteiger partial charge in [0.2, 0.25) is 15.0 Å². The van der Waals surface area contributed by atoms with Gasteiger partial charge in [-0.25, -0.2) is 23.2 Å². The molecule has 0 radical (unpaired) electrons. The molecule has 0 amide bonds. The van der Waals surface area contributed by atoms with Gasteiger partial charge in [-0.05, 0) is 13.0 Å². The summed E-state index contributed by atoms with van der Waals surface area (Å²) in [6, 6.07) is 7.34. The zero-order valence-corrected chi connectivity index (χ0v) is 15.3. The SMILES string of the molecule is CCOC(=O)c1cnc(S(C)(=O)=O)nc1-c1cn(OC)c2ccccc12. The molecule has 0 N–H and O–H groups in total. The predicted octanol–water partition coefficient (Wildman–Crippen LogP) is 1.74. The van der Waals surface area contributed by atoms with Gasteiger partial charge in [0, 0.05) is 23.4 Å². The molecule has 3 aromatic rings. The highest BCUT2D eigenvalue weighted by atomic mass is 32.2. The Morgan fingerprint density at radius 1 is 1.27 bits per heavy atom. The van der Waals surface area contributed by atoms with Crippen LogP contribution in [0.3, 0.4) is 0 Å². The number of benzene rings is 1. The monoisotopic (exact) mass is 375 g/mol. The molecule has 0 aliphatic rings. The molecule has 0 unspecified atom stereocenters. The van der Waals surface area contributed by atoms with E-state index in [4.69, 9.17) is 9.57 Å². The zero-order valence-electron chi connectivity index (χ0n) is 14.5. The van der Waals surface area contributed by atoms with Crippen LogP contribution in [0.5, 0.6) is 0 Å². The van der Waals surface area contributed by atoms with Crippen molar-refractivity contribution in [1.82, 2.24) is 14.7 Å². The lowest BCUT2D eigenvalue weighted by Crippen LogP contribution is -2.12. The van der Waals surface area contributed by atoms with Crippen LogP contribution in [0.1, 0.15) is 17.3 Å². The fraction of sp³-hybridized carbons (Fsp3) is 0.235. The molecule has 1 aromatic carbocycles. The first-order valence-corrected chi connectivity index (χ1v) is 9.65. The van der Waals surface area contributed by atoms with Crippen LogP contribution in [0.2, 0.25) is 0 Å². The highest BCUT2D eigenvalue weighted by Crippen LogP contribution is 2.31. The van der Waals surface area contributed by atoms with Gasteiger partial charge >= 0.3 is 5.97 Å². The number of carbonyl (C=O) groups is 1. The van der Waals surface area contributed by atoms with Gasteiger partial charge in [0.05, 0.1) is 24.0 Å². The standard InChI is InChI=1S/C17H17N3O5S/c1-4-25-16(21)12-9-18-17(26(3,22)23)19-15(12)13-10-20(24-2)14-8-6-5-7-11(13)14/h5-10H,4H2,1-3H3. The molecule has 0 aliphatic carbocycles. The van der Waals surface area contributed by atoms with Crippen molar-refractivity contribution in [3.8, 4) is 11.3 Å². The van der Waals surface area contributed by atoms with Crippen LogP contribution in [0.4, 0.5) is 0 Å². The van der Waals surface area contributed by atoms with Crippen molar-refractivity contribution in [2.24, 2.45) is 0 Å². The van der Waals surface area contributed by atoms with Gasteiger partial charge in [0.15, 0.2) is 0 Å². The topological polar surface area (TPSA) is 100 Å². The molecule has 26 heavy (non-hydrogen) atoms. The van der Waals surface area contributed by atoms with Crippen molar-refractivity contribution in [2.45, 2.75) is 12.1 Å². The minimum atomic E-state index is -3.65. The van der Waals surface area contributed by atoms with Gasteiger partial charge in [0.1, 0.15) is 12.7 Å². The molecule has 0 aliphatic heterocycles. The summed E-state index contributed by atoms with van der Waals surface area (Å²) in [7, 11) is -2.15. The average Bonchev–Trinajstić information content (AvgIpc) is 2.99. The fourth-order valence-electron chi connectivity index (χ4n) is 2.60. The van der Waals surface area contributed by atoms with Gasteiger partial charge in [-0.2, -0.15) is 4.73 Å². The molecule has 0 saturated heterocycles. The third-order valence-electron chi connectivity index (χ3n) is 3.72. The number of carbonyl (C=O) groups excluding carboxylic acids is 1. The van der Waals surface area contributed by atoms with E-state index in [0.717, 1.165) is 17.2 Å². The highest BCUT2D eigenvalue weighted by Gasteiger charge is 2.23. The van der Waals surface area contributed by atoms with Crippen molar-refractivity contribution in [1.29, 1.82) is 0 Å². The van der Waals surface area contributed by atoms with Crippen LogP contribution in [0, 0.1) is 0 Å². The summed E-state index contributed by atoms with van der Waals surface area (Å²) in [5, 5.41) is 0.382. The van der Waals surface area contributed by atoms with E-state index in [1.54, 1.807) is 13.1 Å². The highest BCUT2D eigenvalue weighted by molar-refractivity contribution is 7.90. The Morgan fingerprint density at radius 3 is 2.65 bits per heavy atom. The number of fused-ring (bicyclic) bond motifs is 1. The summed E-state index contributed by atoms with van der Waals surface area (Å²) in [6.45, 7) is 1.85. The Labute approximate surface area is 150 Å². The zero-order chi connectivity index (χ0) is 18.9. The second kappa shape index (κ2) is 6.75. The number of rotatable bonds is 5. The summed E-state index contributed by atoms with van der Waals surface area (Å²) in [4.78, 5) is 25.6. The van der Waals surface area contributed by atoms with E-state index in [0.29, 0.717) is 5.56 Å². The normalized spacial score (nSPS) is 11.5. The van der Waals surface area contributed by atoms with E-state index in [1.165, 1.54) is 18.0 Å². The van der Waals surface area contributed by atoms with E-state index >= 15 is 0 Å². The van der Waals surface area contributed by atoms with Gasteiger partial charge in [0.25, 0.3) is 0 Å². The first-order chi connectivity index (χ1) is 12.4. The molecule has 136 valence electrons. The Bertz CT molecular complexity index is 1090. The quantitative estimate of drug-likeness (QED) is 0.494. The van der Waals surface area contributed by atoms with Gasteiger partial charge in [-0.15, -0.1) is 0 Å². The van der Waals surface area contributed by atoms with Crippen molar-refractivity contribution in [3.63, 3.8) is 0 Å². The van der Waals surface area contributed by atoms with Crippen LogP contribution >= 0.6 is 0 Å². The molecule has 2 aromatic heterocycles. The van der Waals surface area contributed by atoms with E-state index < -0.39 is 15.8 Å². The maximum Gasteiger partial charge on any atom is 0.341 e. The Morgan fingerprint density at radius 2 is 2.00 bits per heavy atom. The first-order valence-electron chi connectivity index (χ1n) is 7.76. The molecule has 0 bridgehead atoms. The summed E-state index contributed by atoms with van der Waals surface area (Å²) in [5.74, 6) is -0.628. The lowest BCUT2D eigenvalue weighted by Gasteiger charge is -2.08. The third kappa shape index (κ3) is 3.13. The molecule has 9 heteroatoms. The van der Waals surface area contributed by atoms with Crippen molar-refractivity contribution in [3.05, 3.63) is 42.2 Å². The van der Waals surface area contributed by atoms with E-state index in [2.05, 4.69) is 9.97 Å². The number of para-hydroxylation sites is 1. The minimum Gasteiger partial charge on any atom is -0.462 e. The Balaban J connectivity index is 2.33. The van der Waals surface area contributed by atoms with Crippen LogP contribution in [0.15, 0.2) is 41.8 Å². The third-order valence-corrected chi connectivity index (χ3v) is 4.58. The van der Waals surface area contributed by atoms with Crippen molar-refractivity contribution >= 4 is 26.7 Å². The van der Waals surface area contributed by atoms with E-state index in [-0.39, 0.29) is 23.0 Å². The molecule has 3 rings (SSSR count). The maximum atomic E-state index is 12.3. The van der Waals surface area contributed by atoms with Crippen LogP contribution in [-0.4, -0.2) is 49.1 Å². The second-order valence-electron chi connectivity index (χ2n) is 5.48. The maximum absolute atomic E-state index is 12.3. The number of hydrogen-bond acceptors (Lipinski definition) is 7. The van der Waals surface area contributed by atoms with E-state index in [9.17, 15) is 13.2 Å². The number of sulfone groups is 1. The number of ether oxygens (including phenoxy) is 1. The summed E-state index contributed by atoms with van der Waals surface area (Å²) in [5.41, 5.74) is 1.54. The van der Waals surface area contributed by atoms with Gasteiger partial charge < -0.3 is 9.57 Å². The minimum absolute atomic E-state index is 0.0817. The number of hydrogen-bond donors (Lipinski definition) is 0. The summed E-state index contributed by atoms with van der Waals surface area (Å²) in [6.07, 6.45) is 3.83. The van der Waals surface area contributed by atoms with Crippen molar-refractivity contribution in [2.75, 3.05) is 20.0 Å². The first kappa shape index (κ1) is 17.9. The Hall–Kier alpha value is -2.94. The fourth-order valence-corrected chi connectivity index (χ4v) is 3.10. The average molecular weight is 375 g/mol. The number of esters is 1. The van der Waals surface area contributed by atoms with Gasteiger partial charge in [-0.1, -0.05) is 18.2 Å². The lowest BCUT2D eigenvalue weighted by atomic mass is 10.1. The summed E-state index contributed by atoms with van der Waals surface area (Å²) < 4.78 is 30.3. The molecular weight excluding hydrogens is 358 g/mol. The summed E-state index contributed by atoms with van der Waals surface area (Å²) >= 11 is 0. The van der Waals surface area contributed by atoms with E-state index in [1.807, 2.05) is 24.3 Å². The van der Waals surface area contributed by atoms with Crippen molar-refractivity contribution < 1.29 is 22.8 Å². The van der Waals surface area contributed by atoms with Crippen LogP contribution < -0.4 is 4.84 Å². The van der Waals surface area contributed by atoms with Crippen LogP contribution in [0.25, 0.3) is 22.2 Å². The lowest BCUT2D eigenvalue weighted by molar-refractivity contribution is 0.0526. The van der Waals surface area contributed by atoms with Gasteiger partial charge in [-0.3, -0.25) is 0 Å².